The Morgan fingerprint density at radius 1 is 1.04 bits per heavy atom. The average Bonchev–Trinajstić information content (AvgIpc) is 3.32. The summed E-state index contributed by atoms with van der Waals surface area (Å²) in [4.78, 5) is 2.42. The van der Waals surface area contributed by atoms with Gasteiger partial charge in [-0.25, -0.2) is 0 Å². The van der Waals surface area contributed by atoms with E-state index >= 15 is 0 Å². The van der Waals surface area contributed by atoms with Gasteiger partial charge in [-0.2, -0.15) is 0 Å². The van der Waals surface area contributed by atoms with Gasteiger partial charge in [0.25, 0.3) is 0 Å². The van der Waals surface area contributed by atoms with Crippen molar-refractivity contribution in [2.45, 2.75) is 18.9 Å². The van der Waals surface area contributed by atoms with Gasteiger partial charge in [0, 0.05) is 23.7 Å². The van der Waals surface area contributed by atoms with Crippen LogP contribution in [0.5, 0.6) is 28.7 Å². The lowest BCUT2D eigenvalue weighted by atomic mass is 9.76. The number of methoxy groups -OCH3 is 1. The van der Waals surface area contributed by atoms with Crippen LogP contribution >= 0.6 is 0 Å². The Hall–Kier alpha value is -2.60. The van der Waals surface area contributed by atoms with Gasteiger partial charge in [-0.15, -0.1) is 0 Å². The summed E-state index contributed by atoms with van der Waals surface area (Å²) in [6.07, 6.45) is 1.91. The fourth-order valence-electron chi connectivity index (χ4n) is 4.76. The summed E-state index contributed by atoms with van der Waals surface area (Å²) in [7, 11) is 3.85. The predicted molar refractivity (Wildman–Crippen MR) is 93.5 cm³/mol. The van der Waals surface area contributed by atoms with Gasteiger partial charge in [-0.1, -0.05) is 0 Å². The second-order valence-corrected chi connectivity index (χ2v) is 7.18. The number of likely N-dealkylation sites (N-methyl/N-ethyl adjacent to an activating group) is 1. The number of fused-ring (bicyclic) bond motifs is 6. The molecule has 3 aliphatic heterocycles. The molecule has 3 heterocycles. The first-order valence-electron chi connectivity index (χ1n) is 8.91. The number of hydrogen-bond donors (Lipinski definition) is 0. The van der Waals surface area contributed by atoms with Crippen LogP contribution < -0.4 is 23.7 Å². The molecule has 0 bridgehead atoms. The zero-order chi connectivity index (χ0) is 17.4. The van der Waals surface area contributed by atoms with Crippen LogP contribution in [0.25, 0.3) is 11.1 Å². The fraction of sp³-hybridized carbons (Fsp3) is 0.400. The standard InChI is InChI=1S/C20H19NO5/c1-21-4-3-10-5-15-19(25-8-23-15)17-11-7-14(22-2)20-18(24-9-26-20)12(11)6-13(21)16(10)17/h5,7,13H,3-4,6,8-9H2,1-2H3. The van der Waals surface area contributed by atoms with Crippen molar-refractivity contribution in [1.29, 1.82) is 0 Å². The Morgan fingerprint density at radius 2 is 1.85 bits per heavy atom. The van der Waals surface area contributed by atoms with Crippen LogP contribution in [-0.2, 0) is 12.8 Å². The molecule has 1 atom stereocenters. The zero-order valence-corrected chi connectivity index (χ0v) is 14.8. The highest BCUT2D eigenvalue weighted by molar-refractivity contribution is 5.87. The van der Waals surface area contributed by atoms with Crippen LogP contribution in [0.3, 0.4) is 0 Å². The molecule has 0 saturated carbocycles. The van der Waals surface area contributed by atoms with E-state index in [0.717, 1.165) is 47.8 Å². The fourth-order valence-corrected chi connectivity index (χ4v) is 4.76. The highest BCUT2D eigenvalue weighted by Crippen LogP contribution is 2.58. The lowest BCUT2D eigenvalue weighted by Crippen LogP contribution is -2.35. The van der Waals surface area contributed by atoms with Crippen molar-refractivity contribution >= 4 is 0 Å². The topological polar surface area (TPSA) is 49.4 Å². The Morgan fingerprint density at radius 3 is 2.73 bits per heavy atom. The number of benzene rings is 2. The number of hydrogen-bond acceptors (Lipinski definition) is 6. The average molecular weight is 353 g/mol. The Balaban J connectivity index is 1.71. The highest BCUT2D eigenvalue weighted by Gasteiger charge is 2.40. The summed E-state index contributed by atoms with van der Waals surface area (Å²) in [6.45, 7) is 1.53. The maximum absolute atomic E-state index is 5.90. The van der Waals surface area contributed by atoms with Crippen molar-refractivity contribution in [3.63, 3.8) is 0 Å². The highest BCUT2D eigenvalue weighted by atomic mass is 16.7. The minimum Gasteiger partial charge on any atom is -0.493 e. The van der Waals surface area contributed by atoms with Gasteiger partial charge >= 0.3 is 0 Å². The summed E-state index contributed by atoms with van der Waals surface area (Å²) < 4.78 is 28.8. The molecule has 26 heavy (non-hydrogen) atoms. The monoisotopic (exact) mass is 353 g/mol. The molecule has 4 aliphatic rings. The van der Waals surface area contributed by atoms with Gasteiger partial charge < -0.3 is 23.7 Å². The molecule has 0 radical (unpaired) electrons. The van der Waals surface area contributed by atoms with Crippen molar-refractivity contribution in [3.05, 3.63) is 28.8 Å². The van der Waals surface area contributed by atoms with E-state index in [1.54, 1.807) is 7.11 Å². The molecule has 0 saturated heterocycles. The van der Waals surface area contributed by atoms with Gasteiger partial charge in [0.05, 0.1) is 7.11 Å². The van der Waals surface area contributed by atoms with Crippen LogP contribution in [0.4, 0.5) is 0 Å². The SMILES string of the molecule is COc1cc2c(c3c1OCO3)CC1c3c(cc4c(c3-2)OCO4)CCN1C. The summed E-state index contributed by atoms with van der Waals surface area (Å²) in [5.41, 5.74) is 6.12. The van der Waals surface area contributed by atoms with Gasteiger partial charge in [0.1, 0.15) is 0 Å². The van der Waals surface area contributed by atoms with E-state index in [1.165, 1.54) is 16.7 Å². The quantitative estimate of drug-likeness (QED) is 0.786. The minimum absolute atomic E-state index is 0.229. The smallest absolute Gasteiger partial charge is 0.231 e. The molecule has 1 unspecified atom stereocenters. The molecule has 0 fully saturated rings. The normalized spacial score (nSPS) is 21.4. The largest absolute Gasteiger partial charge is 0.493 e. The molecular weight excluding hydrogens is 334 g/mol. The molecule has 134 valence electrons. The van der Waals surface area contributed by atoms with Crippen LogP contribution in [0.2, 0.25) is 0 Å². The molecular formula is C20H19NO5. The molecule has 6 nitrogen and oxygen atoms in total. The molecule has 0 spiro atoms. The van der Waals surface area contributed by atoms with Gasteiger partial charge in [-0.05, 0) is 48.7 Å². The predicted octanol–water partition coefficient (Wildman–Crippen LogP) is 2.90. The number of ether oxygens (including phenoxy) is 5. The van der Waals surface area contributed by atoms with E-state index in [4.69, 9.17) is 23.7 Å². The second-order valence-electron chi connectivity index (χ2n) is 7.18. The third-order valence-electron chi connectivity index (χ3n) is 5.99. The maximum Gasteiger partial charge on any atom is 0.231 e. The van der Waals surface area contributed by atoms with Crippen molar-refractivity contribution in [1.82, 2.24) is 4.90 Å². The molecule has 6 heteroatoms. The second kappa shape index (κ2) is 4.98. The molecule has 0 aromatic heterocycles. The molecule has 6 rings (SSSR count). The van der Waals surface area contributed by atoms with Gasteiger partial charge in [0.2, 0.25) is 19.3 Å². The number of nitrogens with zero attached hydrogens (tertiary/aromatic N) is 1. The van der Waals surface area contributed by atoms with Gasteiger partial charge in [-0.3, -0.25) is 4.90 Å². The van der Waals surface area contributed by atoms with E-state index in [1.807, 2.05) is 0 Å². The molecule has 2 aromatic rings. The van der Waals surface area contributed by atoms with Crippen molar-refractivity contribution in [2.24, 2.45) is 0 Å². The van der Waals surface area contributed by atoms with E-state index in [0.29, 0.717) is 17.5 Å². The molecule has 0 amide bonds. The first-order chi connectivity index (χ1) is 12.8. The van der Waals surface area contributed by atoms with E-state index in [2.05, 4.69) is 24.1 Å². The maximum atomic E-state index is 5.90. The first kappa shape index (κ1) is 14.6. The third kappa shape index (κ3) is 1.70. The Labute approximate surface area is 151 Å². The van der Waals surface area contributed by atoms with Crippen LogP contribution in [-0.4, -0.2) is 39.2 Å². The summed E-state index contributed by atoms with van der Waals surface area (Å²) >= 11 is 0. The van der Waals surface area contributed by atoms with Crippen LogP contribution in [0, 0.1) is 0 Å². The number of rotatable bonds is 1. The molecule has 0 N–H and O–H groups in total. The molecule has 2 aromatic carbocycles. The third-order valence-corrected chi connectivity index (χ3v) is 5.99. The van der Waals surface area contributed by atoms with Crippen LogP contribution in [0.15, 0.2) is 12.1 Å². The summed E-state index contributed by atoms with van der Waals surface area (Å²) in [5, 5.41) is 0. The summed E-state index contributed by atoms with van der Waals surface area (Å²) in [6, 6.07) is 4.53. The van der Waals surface area contributed by atoms with Crippen molar-refractivity contribution in [2.75, 3.05) is 34.3 Å². The lowest BCUT2D eigenvalue weighted by Gasteiger charge is -2.40. The van der Waals surface area contributed by atoms with Crippen LogP contribution in [0.1, 0.15) is 22.7 Å². The van der Waals surface area contributed by atoms with Crippen molar-refractivity contribution < 1.29 is 23.7 Å². The Bertz CT molecular complexity index is 954. The first-order valence-corrected chi connectivity index (χ1v) is 8.91. The Kier molecular flexibility index (Phi) is 2.79. The minimum atomic E-state index is 0.229. The van der Waals surface area contributed by atoms with E-state index < -0.39 is 0 Å². The zero-order valence-electron chi connectivity index (χ0n) is 14.8. The van der Waals surface area contributed by atoms with Crippen molar-refractivity contribution in [3.8, 4) is 39.9 Å². The lowest BCUT2D eigenvalue weighted by molar-refractivity contribution is 0.169. The van der Waals surface area contributed by atoms with Gasteiger partial charge in [0.15, 0.2) is 23.0 Å². The van der Waals surface area contributed by atoms with E-state index in [9.17, 15) is 0 Å². The van der Waals surface area contributed by atoms with E-state index in [-0.39, 0.29) is 13.6 Å². The molecule has 1 aliphatic carbocycles. The summed E-state index contributed by atoms with van der Waals surface area (Å²) in [5.74, 6) is 3.89.